The monoisotopic (exact) mass is 604 g/mol. The Morgan fingerprint density at radius 2 is 1.69 bits per heavy atom. The van der Waals surface area contributed by atoms with Gasteiger partial charge in [-0.3, -0.25) is 0 Å². The van der Waals surface area contributed by atoms with Gasteiger partial charge in [0.25, 0.3) is 0 Å². The Bertz CT molecular complexity index is 1200. The Kier molecular flexibility index (Phi) is 9.08. The number of hydrogen-bond donors (Lipinski definition) is 2. The van der Waals surface area contributed by atoms with E-state index in [9.17, 15) is 14.0 Å². The molecule has 3 aromatic rings. The topological polar surface area (TPSA) is 67.4 Å². The van der Waals surface area contributed by atoms with Crippen LogP contribution in [0.15, 0.2) is 75.7 Å². The molecule has 3 aromatic carbocycles. The summed E-state index contributed by atoms with van der Waals surface area (Å²) in [5.41, 5.74) is 2.01. The number of esters is 1. The molecule has 0 radical (unpaired) electrons. The van der Waals surface area contributed by atoms with Crippen molar-refractivity contribution in [3.8, 4) is 0 Å². The number of aryl methyl sites for hydroxylation is 1. The van der Waals surface area contributed by atoms with Crippen LogP contribution in [0.5, 0.6) is 0 Å². The number of carbonyl (C=O) groups is 2. The van der Waals surface area contributed by atoms with E-state index < -0.39 is 17.6 Å². The van der Waals surface area contributed by atoms with Gasteiger partial charge in [-0.25, -0.2) is 14.0 Å². The van der Waals surface area contributed by atoms with E-state index in [-0.39, 0.29) is 11.9 Å². The van der Waals surface area contributed by atoms with Crippen LogP contribution >= 0.6 is 31.9 Å². The van der Waals surface area contributed by atoms with Crippen molar-refractivity contribution in [1.82, 2.24) is 5.32 Å². The lowest BCUT2D eigenvalue weighted by molar-refractivity contribution is 0.00695. The number of ether oxygens (including phenoxy) is 1. The molecule has 0 aliphatic carbocycles. The first-order valence-corrected chi connectivity index (χ1v) is 12.7. The third-order valence-corrected chi connectivity index (χ3v) is 6.36. The molecule has 0 bridgehead atoms. The summed E-state index contributed by atoms with van der Waals surface area (Å²) in [6.45, 7) is 5.37. The van der Waals surface area contributed by atoms with Gasteiger partial charge in [-0.2, -0.15) is 0 Å². The quantitative estimate of drug-likeness (QED) is 0.270. The summed E-state index contributed by atoms with van der Waals surface area (Å²) in [5, 5.41) is 5.78. The third-order valence-electron chi connectivity index (χ3n) is 5.07. The standard InChI is InChI=1S/C27H27Br2FN2O3/c1-27(2,3)35-25(33)19-10-12-20(28)24(16-19)32-26(34)31-23(14-9-17-7-5-4-6-8-17)18-11-13-22(30)21(29)15-18/h4-8,10-13,15-16,23H,9,14H2,1-3H3,(H2,31,32,34). The van der Waals surface area contributed by atoms with Gasteiger partial charge in [0, 0.05) is 4.47 Å². The number of halogens is 3. The molecule has 35 heavy (non-hydrogen) atoms. The maximum Gasteiger partial charge on any atom is 0.338 e. The zero-order valence-electron chi connectivity index (χ0n) is 19.7. The molecule has 3 rings (SSSR count). The Labute approximate surface area is 221 Å². The highest BCUT2D eigenvalue weighted by molar-refractivity contribution is 9.10. The smallest absolute Gasteiger partial charge is 0.338 e. The van der Waals surface area contributed by atoms with E-state index in [0.29, 0.717) is 26.6 Å². The van der Waals surface area contributed by atoms with Crippen LogP contribution in [-0.2, 0) is 11.2 Å². The van der Waals surface area contributed by atoms with E-state index in [1.165, 1.54) is 6.07 Å². The van der Waals surface area contributed by atoms with E-state index >= 15 is 0 Å². The van der Waals surface area contributed by atoms with E-state index in [2.05, 4.69) is 42.5 Å². The normalized spacial score (nSPS) is 12.1. The maximum absolute atomic E-state index is 13.8. The average molecular weight is 606 g/mol. The molecule has 0 fully saturated rings. The third kappa shape index (κ3) is 8.18. The minimum Gasteiger partial charge on any atom is -0.456 e. The predicted molar refractivity (Wildman–Crippen MR) is 143 cm³/mol. The average Bonchev–Trinajstić information content (AvgIpc) is 2.79. The summed E-state index contributed by atoms with van der Waals surface area (Å²) in [7, 11) is 0. The van der Waals surface area contributed by atoms with Crippen molar-refractivity contribution in [2.24, 2.45) is 0 Å². The first kappa shape index (κ1) is 26.9. The largest absolute Gasteiger partial charge is 0.456 e. The summed E-state index contributed by atoms with van der Waals surface area (Å²) in [6, 6.07) is 18.7. The number of hydrogen-bond acceptors (Lipinski definition) is 3. The molecule has 0 heterocycles. The molecule has 0 spiro atoms. The molecule has 8 heteroatoms. The molecule has 1 unspecified atom stereocenters. The lowest BCUT2D eigenvalue weighted by Gasteiger charge is -2.21. The van der Waals surface area contributed by atoms with Gasteiger partial charge in [-0.1, -0.05) is 36.4 Å². The first-order chi connectivity index (χ1) is 16.5. The van der Waals surface area contributed by atoms with Gasteiger partial charge in [0.15, 0.2) is 0 Å². The summed E-state index contributed by atoms with van der Waals surface area (Å²) in [6.07, 6.45) is 1.33. The fourth-order valence-corrected chi connectivity index (χ4v) is 4.15. The van der Waals surface area contributed by atoms with Crippen LogP contribution in [0.3, 0.4) is 0 Å². The molecule has 5 nitrogen and oxygen atoms in total. The van der Waals surface area contributed by atoms with Crippen molar-refractivity contribution >= 4 is 49.5 Å². The second kappa shape index (κ2) is 11.8. The van der Waals surface area contributed by atoms with Crippen LogP contribution in [0.1, 0.15) is 54.7 Å². The minimum absolute atomic E-state index is 0.321. The van der Waals surface area contributed by atoms with Gasteiger partial charge < -0.3 is 15.4 Å². The van der Waals surface area contributed by atoms with Crippen molar-refractivity contribution in [3.63, 3.8) is 0 Å². The number of anilines is 1. The van der Waals surface area contributed by atoms with Crippen LogP contribution < -0.4 is 10.6 Å². The molecule has 2 amide bonds. The Hall–Kier alpha value is -2.71. The Balaban J connectivity index is 1.77. The summed E-state index contributed by atoms with van der Waals surface area (Å²) >= 11 is 6.65. The zero-order chi connectivity index (χ0) is 25.6. The minimum atomic E-state index is -0.634. The van der Waals surface area contributed by atoms with Crippen molar-refractivity contribution in [2.45, 2.75) is 45.3 Å². The number of nitrogens with one attached hydrogen (secondary N) is 2. The number of rotatable bonds is 7. The van der Waals surface area contributed by atoms with Crippen LogP contribution in [0.25, 0.3) is 0 Å². The Morgan fingerprint density at radius 3 is 2.34 bits per heavy atom. The maximum atomic E-state index is 13.8. The molecule has 1 atom stereocenters. The fraction of sp³-hybridized carbons (Fsp3) is 0.259. The molecular weight excluding hydrogens is 579 g/mol. The van der Waals surface area contributed by atoms with Gasteiger partial charge in [-0.15, -0.1) is 0 Å². The number of benzene rings is 3. The summed E-state index contributed by atoms with van der Waals surface area (Å²) < 4.78 is 20.2. The van der Waals surface area contributed by atoms with Gasteiger partial charge >= 0.3 is 12.0 Å². The summed E-state index contributed by atoms with van der Waals surface area (Å²) in [5.74, 6) is -0.853. The molecule has 0 aromatic heterocycles. The van der Waals surface area contributed by atoms with Crippen LogP contribution in [-0.4, -0.2) is 17.6 Å². The van der Waals surface area contributed by atoms with E-state index in [1.54, 1.807) is 51.1 Å². The second-order valence-corrected chi connectivity index (χ2v) is 10.8. The molecular formula is C27H27Br2FN2O3. The van der Waals surface area contributed by atoms with E-state index in [4.69, 9.17) is 4.74 Å². The molecule has 0 aliphatic rings. The highest BCUT2D eigenvalue weighted by Crippen LogP contribution is 2.27. The molecule has 0 saturated heterocycles. The SMILES string of the molecule is CC(C)(C)OC(=O)c1ccc(Br)c(NC(=O)NC(CCc2ccccc2)c2ccc(F)c(Br)c2)c1. The highest BCUT2D eigenvalue weighted by atomic mass is 79.9. The van der Waals surface area contributed by atoms with Crippen molar-refractivity contribution in [3.05, 3.63) is 98.2 Å². The van der Waals surface area contributed by atoms with Crippen LogP contribution in [0.4, 0.5) is 14.9 Å². The van der Waals surface area contributed by atoms with Gasteiger partial charge in [0.2, 0.25) is 0 Å². The van der Waals surface area contributed by atoms with Crippen LogP contribution in [0.2, 0.25) is 0 Å². The molecule has 2 N–H and O–H groups in total. The second-order valence-electron chi connectivity index (χ2n) is 9.05. The first-order valence-electron chi connectivity index (χ1n) is 11.1. The molecule has 184 valence electrons. The predicted octanol–water partition coefficient (Wildman–Crippen LogP) is 7.80. The lowest BCUT2D eigenvalue weighted by Crippen LogP contribution is -2.33. The molecule has 0 aliphatic heterocycles. The fourth-order valence-electron chi connectivity index (χ4n) is 3.41. The number of carbonyl (C=O) groups excluding carboxylic acids is 2. The van der Waals surface area contributed by atoms with Gasteiger partial charge in [0.1, 0.15) is 11.4 Å². The van der Waals surface area contributed by atoms with Gasteiger partial charge in [0.05, 0.1) is 21.8 Å². The van der Waals surface area contributed by atoms with Gasteiger partial charge in [-0.05, 0) is 107 Å². The number of amides is 2. The number of urea groups is 1. The Morgan fingerprint density at radius 1 is 0.971 bits per heavy atom. The van der Waals surface area contributed by atoms with Crippen molar-refractivity contribution in [2.75, 3.05) is 5.32 Å². The van der Waals surface area contributed by atoms with Crippen molar-refractivity contribution in [1.29, 1.82) is 0 Å². The zero-order valence-corrected chi connectivity index (χ0v) is 22.9. The summed E-state index contributed by atoms with van der Waals surface area (Å²) in [4.78, 5) is 25.4. The van der Waals surface area contributed by atoms with Crippen LogP contribution in [0, 0.1) is 5.82 Å². The van der Waals surface area contributed by atoms with E-state index in [1.807, 2.05) is 30.3 Å². The van der Waals surface area contributed by atoms with E-state index in [0.717, 1.165) is 17.5 Å². The van der Waals surface area contributed by atoms with Crippen molar-refractivity contribution < 1.29 is 18.7 Å². The molecule has 0 saturated carbocycles. The lowest BCUT2D eigenvalue weighted by atomic mass is 9.99. The highest BCUT2D eigenvalue weighted by Gasteiger charge is 2.20.